The van der Waals surface area contributed by atoms with Crippen LogP contribution in [0.5, 0.6) is 5.75 Å². The number of hydrogen-bond acceptors (Lipinski definition) is 12. The Hall–Kier alpha value is -5.29. The summed E-state index contributed by atoms with van der Waals surface area (Å²) in [5.41, 5.74) is 2.09. The molecule has 2 aliphatic heterocycles. The van der Waals surface area contributed by atoms with Gasteiger partial charge in [0.05, 0.1) is 50.9 Å². The second kappa shape index (κ2) is 25.0. The second-order valence-corrected chi connectivity index (χ2v) is 20.1. The number of likely N-dealkylation sites (tertiary alicyclic amines) is 2. The Morgan fingerprint density at radius 1 is 0.797 bits per heavy atom. The monoisotopic (exact) mass is 969 g/mol. The van der Waals surface area contributed by atoms with Crippen LogP contribution in [0.2, 0.25) is 0 Å². The first-order chi connectivity index (χ1) is 33.4. The van der Waals surface area contributed by atoms with E-state index in [-0.39, 0.29) is 42.6 Å². The zero-order chi connectivity index (χ0) is 48.8. The van der Waals surface area contributed by atoms with Crippen LogP contribution in [-0.2, 0) is 39.9 Å². The fourth-order valence-electron chi connectivity index (χ4n) is 9.26. The molecular weight excluding hydrogens is 899 g/mol. The van der Waals surface area contributed by atoms with Crippen molar-refractivity contribution in [1.29, 1.82) is 0 Å². The van der Waals surface area contributed by atoms with Crippen molar-refractivity contribution in [1.82, 2.24) is 25.0 Å². The molecule has 4 aromatic rings. The van der Waals surface area contributed by atoms with Crippen molar-refractivity contribution < 1.29 is 47.6 Å². The first-order valence-electron chi connectivity index (χ1n) is 24.8. The van der Waals surface area contributed by atoms with E-state index in [1.165, 1.54) is 4.90 Å². The molecule has 3 aromatic carbocycles. The third-order valence-electron chi connectivity index (χ3n) is 13.2. The van der Waals surface area contributed by atoms with E-state index in [4.69, 9.17) is 33.4 Å². The highest BCUT2D eigenvalue weighted by molar-refractivity contribution is 7.10. The van der Waals surface area contributed by atoms with Gasteiger partial charge in [0.2, 0.25) is 11.8 Å². The summed E-state index contributed by atoms with van der Waals surface area (Å²) in [5, 5.41) is 8.02. The molecule has 3 fully saturated rings. The lowest BCUT2D eigenvalue weighted by Crippen LogP contribution is -2.56. The summed E-state index contributed by atoms with van der Waals surface area (Å²) in [5.74, 6) is 0.313. The van der Waals surface area contributed by atoms with E-state index in [0.717, 1.165) is 96.1 Å². The summed E-state index contributed by atoms with van der Waals surface area (Å²) in [7, 11) is 1.55. The summed E-state index contributed by atoms with van der Waals surface area (Å²) in [6, 6.07) is 20.1. The van der Waals surface area contributed by atoms with Gasteiger partial charge in [0, 0.05) is 43.0 Å². The molecule has 15 nitrogen and oxygen atoms in total. The van der Waals surface area contributed by atoms with Crippen LogP contribution in [0.3, 0.4) is 0 Å². The van der Waals surface area contributed by atoms with Crippen LogP contribution in [0, 0.1) is 5.92 Å². The molecule has 69 heavy (non-hydrogen) atoms. The summed E-state index contributed by atoms with van der Waals surface area (Å²) in [4.78, 5) is 63.7. The number of benzene rings is 3. The van der Waals surface area contributed by atoms with E-state index in [9.17, 15) is 19.2 Å². The standard InChI is InChI=1S/C53H71N5O10S/c1-37(56(5)51(61)68-53(2,3)4)48(59)55-47(39-17-10-7-11-18-39)50(60)58-26-14-21-45(58)49-54-44(36-69-49)42-22-23-46(43-20-13-12-19-41(42)43)66-34-32-64-30-29-63-31-33-65-40-24-27-57(28-25-40)52(62)67-35-38-15-8-6-9-16-38/h6,8-9,12-13,15-16,19-20,22-23,36-37,39-40,45,47H,7,10-11,14,17-18,21,24-35H2,1-5H3,(H,55,59). The second-order valence-electron chi connectivity index (χ2n) is 19.2. The first kappa shape index (κ1) is 51.6. The number of rotatable bonds is 20. The number of fused-ring (bicyclic) bond motifs is 1. The van der Waals surface area contributed by atoms with E-state index < -0.39 is 23.8 Å². The number of thiazole rings is 1. The number of aromatic nitrogens is 1. The van der Waals surface area contributed by atoms with Crippen LogP contribution in [0.1, 0.15) is 102 Å². The summed E-state index contributed by atoms with van der Waals surface area (Å²) in [6.07, 6.45) is 7.24. The molecular formula is C53H71N5O10S. The zero-order valence-electron chi connectivity index (χ0n) is 41.0. The van der Waals surface area contributed by atoms with Gasteiger partial charge in [-0.25, -0.2) is 14.6 Å². The molecule has 3 atom stereocenters. The molecule has 0 spiro atoms. The van der Waals surface area contributed by atoms with Gasteiger partial charge >= 0.3 is 12.2 Å². The van der Waals surface area contributed by atoms with Crippen molar-refractivity contribution in [3.8, 4) is 17.0 Å². The fourth-order valence-corrected chi connectivity index (χ4v) is 10.2. The molecule has 1 N–H and O–H groups in total. The van der Waals surface area contributed by atoms with Gasteiger partial charge in [-0.1, -0.05) is 73.9 Å². The Kier molecular flexibility index (Phi) is 18.7. The Morgan fingerprint density at radius 2 is 1.48 bits per heavy atom. The van der Waals surface area contributed by atoms with Gasteiger partial charge in [0.25, 0.3) is 0 Å². The SMILES string of the molecule is CC(C(=O)NC(C(=O)N1CCCC1c1nc(-c2ccc(OCCOCCOCCOC3CCN(C(=O)OCc4ccccc4)CC3)c3ccccc23)cs1)C1CCCCC1)N(C)C(=O)OC(C)(C)C. The predicted octanol–water partition coefficient (Wildman–Crippen LogP) is 9.18. The van der Waals surface area contributed by atoms with Crippen LogP contribution in [0.25, 0.3) is 22.0 Å². The Bertz CT molecular complexity index is 2290. The maximum Gasteiger partial charge on any atom is 0.410 e. The lowest BCUT2D eigenvalue weighted by Gasteiger charge is -2.36. The Labute approximate surface area is 411 Å². The summed E-state index contributed by atoms with van der Waals surface area (Å²) >= 11 is 1.56. The number of nitrogens with one attached hydrogen (secondary N) is 1. The average molecular weight is 970 g/mol. The highest BCUT2D eigenvalue weighted by Crippen LogP contribution is 2.40. The van der Waals surface area contributed by atoms with Crippen molar-refractivity contribution >= 4 is 46.1 Å². The summed E-state index contributed by atoms with van der Waals surface area (Å²) < 4.78 is 34.8. The van der Waals surface area contributed by atoms with Crippen LogP contribution in [0.15, 0.2) is 72.1 Å². The van der Waals surface area contributed by atoms with E-state index in [2.05, 4.69) is 16.8 Å². The predicted molar refractivity (Wildman–Crippen MR) is 265 cm³/mol. The topological polar surface area (TPSA) is 158 Å². The largest absolute Gasteiger partial charge is 0.491 e. The lowest BCUT2D eigenvalue weighted by atomic mass is 9.83. The van der Waals surface area contributed by atoms with Crippen molar-refractivity contribution in [2.24, 2.45) is 5.92 Å². The number of carbonyl (C=O) groups excluding carboxylic acids is 4. The van der Waals surface area contributed by atoms with Crippen molar-refractivity contribution in [3.63, 3.8) is 0 Å². The molecule has 0 bridgehead atoms. The smallest absolute Gasteiger partial charge is 0.410 e. The minimum atomic E-state index is -0.827. The van der Waals surface area contributed by atoms with E-state index >= 15 is 0 Å². The zero-order valence-corrected chi connectivity index (χ0v) is 41.8. The first-order valence-corrected chi connectivity index (χ1v) is 25.6. The number of carbonyl (C=O) groups is 4. The van der Waals surface area contributed by atoms with E-state index in [0.29, 0.717) is 59.3 Å². The van der Waals surface area contributed by atoms with Gasteiger partial charge in [0.15, 0.2) is 0 Å². The maximum atomic E-state index is 14.6. The van der Waals surface area contributed by atoms with Crippen LogP contribution < -0.4 is 10.1 Å². The van der Waals surface area contributed by atoms with Gasteiger partial charge in [0.1, 0.15) is 41.7 Å². The van der Waals surface area contributed by atoms with Crippen LogP contribution >= 0.6 is 11.3 Å². The minimum Gasteiger partial charge on any atom is -0.491 e. The van der Waals surface area contributed by atoms with Crippen molar-refractivity contribution in [3.05, 3.63) is 82.7 Å². The molecule has 3 aliphatic rings. The molecule has 0 radical (unpaired) electrons. The van der Waals surface area contributed by atoms with Gasteiger partial charge < -0.3 is 43.5 Å². The van der Waals surface area contributed by atoms with Gasteiger partial charge in [-0.15, -0.1) is 11.3 Å². The van der Waals surface area contributed by atoms with Gasteiger partial charge in [-0.2, -0.15) is 0 Å². The lowest BCUT2D eigenvalue weighted by molar-refractivity contribution is -0.140. The summed E-state index contributed by atoms with van der Waals surface area (Å²) in [6.45, 7) is 11.7. The molecule has 374 valence electrons. The van der Waals surface area contributed by atoms with Gasteiger partial charge in [-0.3, -0.25) is 14.5 Å². The molecule has 16 heteroatoms. The molecule has 1 saturated carbocycles. The number of piperidine rings is 1. The number of ether oxygens (including phenoxy) is 6. The van der Waals surface area contributed by atoms with Crippen LogP contribution in [-0.4, -0.2) is 134 Å². The average Bonchev–Trinajstić information content (AvgIpc) is 4.06. The molecule has 3 heterocycles. The number of likely N-dealkylation sites (N-methyl/N-ethyl adjacent to an activating group) is 1. The van der Waals surface area contributed by atoms with Crippen molar-refractivity contribution in [2.75, 3.05) is 66.3 Å². The number of nitrogens with zero attached hydrogens (tertiary/aromatic N) is 4. The number of amides is 4. The highest BCUT2D eigenvalue weighted by Gasteiger charge is 2.41. The third-order valence-corrected chi connectivity index (χ3v) is 14.1. The third kappa shape index (κ3) is 14.4. The van der Waals surface area contributed by atoms with E-state index in [1.807, 2.05) is 65.6 Å². The maximum absolute atomic E-state index is 14.6. The van der Waals surface area contributed by atoms with Gasteiger partial charge in [-0.05, 0) is 95.2 Å². The Balaban J connectivity index is 0.853. The molecule has 7 rings (SSSR count). The van der Waals surface area contributed by atoms with Crippen LogP contribution in [0.4, 0.5) is 9.59 Å². The van der Waals surface area contributed by atoms with E-state index in [1.54, 1.807) is 51.0 Å². The molecule has 4 amide bonds. The number of hydrogen-bond donors (Lipinski definition) is 1. The Morgan fingerprint density at radius 3 is 2.20 bits per heavy atom. The normalized spacial score (nSPS) is 17.9. The molecule has 2 saturated heterocycles. The highest BCUT2D eigenvalue weighted by atomic mass is 32.1. The minimum absolute atomic E-state index is 0.0136. The molecule has 3 unspecified atom stereocenters. The fraction of sp³-hybridized carbons (Fsp3) is 0.566. The van der Waals surface area contributed by atoms with Crippen molar-refractivity contribution in [2.45, 2.75) is 122 Å². The molecule has 1 aromatic heterocycles. The molecule has 1 aliphatic carbocycles. The quantitative estimate of drug-likeness (QED) is 0.0842.